The molecule has 0 saturated heterocycles. The van der Waals surface area contributed by atoms with Gasteiger partial charge in [0, 0.05) is 27.9 Å². The van der Waals surface area contributed by atoms with Crippen molar-refractivity contribution < 1.29 is 9.47 Å². The van der Waals surface area contributed by atoms with Crippen LogP contribution in [0.15, 0.2) is 48.0 Å². The van der Waals surface area contributed by atoms with Crippen molar-refractivity contribution in [3.8, 4) is 28.8 Å². The number of aromatic nitrogens is 1. The molecule has 0 saturated carbocycles. The van der Waals surface area contributed by atoms with Crippen LogP contribution >= 0.6 is 22.9 Å². The molecule has 0 atom stereocenters. The molecule has 0 spiro atoms. The smallest absolute Gasteiger partial charge is 0.161 e. The summed E-state index contributed by atoms with van der Waals surface area (Å²) in [4.78, 5) is 4.59. The Morgan fingerprint density at radius 2 is 1.96 bits per heavy atom. The standard InChI is InChI=1S/C21H18ClN3O2S/c1-13-4-6-16(9-17(13)22)24-11-15(10-23)21-25-18(12-28-21)14-5-7-19(26-2)20(8-14)27-3/h4-9,11-12,24H,1-3H3/b15-11+. The number of hydrogen-bond donors (Lipinski definition) is 1. The van der Waals surface area contributed by atoms with Gasteiger partial charge in [-0.15, -0.1) is 11.3 Å². The fourth-order valence-electron chi connectivity index (χ4n) is 2.51. The van der Waals surface area contributed by atoms with Crippen molar-refractivity contribution in [1.82, 2.24) is 4.98 Å². The highest BCUT2D eigenvalue weighted by Gasteiger charge is 2.12. The minimum absolute atomic E-state index is 0.438. The van der Waals surface area contributed by atoms with Crippen LogP contribution in [0.4, 0.5) is 5.69 Å². The van der Waals surface area contributed by atoms with Gasteiger partial charge >= 0.3 is 0 Å². The van der Waals surface area contributed by atoms with Crippen LogP contribution in [0.1, 0.15) is 10.6 Å². The van der Waals surface area contributed by atoms with Gasteiger partial charge in [0.05, 0.1) is 19.9 Å². The number of nitrogens with zero attached hydrogens (tertiary/aromatic N) is 2. The van der Waals surface area contributed by atoms with Gasteiger partial charge in [-0.25, -0.2) is 4.98 Å². The Morgan fingerprint density at radius 3 is 2.64 bits per heavy atom. The fraction of sp³-hybridized carbons (Fsp3) is 0.143. The van der Waals surface area contributed by atoms with Crippen molar-refractivity contribution >= 4 is 34.2 Å². The maximum absolute atomic E-state index is 9.53. The summed E-state index contributed by atoms with van der Waals surface area (Å²) in [6.07, 6.45) is 1.64. The van der Waals surface area contributed by atoms with Crippen LogP contribution in [0.2, 0.25) is 5.02 Å². The van der Waals surface area contributed by atoms with E-state index in [9.17, 15) is 5.26 Å². The Labute approximate surface area is 172 Å². The molecule has 28 heavy (non-hydrogen) atoms. The molecule has 0 bridgehead atoms. The van der Waals surface area contributed by atoms with Crippen LogP contribution in [-0.2, 0) is 0 Å². The molecule has 142 valence electrons. The van der Waals surface area contributed by atoms with E-state index in [1.807, 2.05) is 48.7 Å². The summed E-state index contributed by atoms with van der Waals surface area (Å²) in [6.45, 7) is 1.94. The maximum Gasteiger partial charge on any atom is 0.161 e. The summed E-state index contributed by atoms with van der Waals surface area (Å²) >= 11 is 7.54. The summed E-state index contributed by atoms with van der Waals surface area (Å²) in [5, 5.41) is 15.8. The zero-order chi connectivity index (χ0) is 20.1. The second kappa shape index (κ2) is 8.79. The normalized spacial score (nSPS) is 11.0. The van der Waals surface area contributed by atoms with Crippen molar-refractivity contribution in [3.63, 3.8) is 0 Å². The lowest BCUT2D eigenvalue weighted by Gasteiger charge is -2.08. The first-order valence-corrected chi connectivity index (χ1v) is 9.62. The van der Waals surface area contributed by atoms with E-state index in [1.54, 1.807) is 20.4 Å². The Kier molecular flexibility index (Phi) is 6.19. The van der Waals surface area contributed by atoms with E-state index in [2.05, 4.69) is 16.4 Å². The number of benzene rings is 2. The molecule has 0 fully saturated rings. The van der Waals surface area contributed by atoms with Crippen LogP contribution in [-0.4, -0.2) is 19.2 Å². The zero-order valence-corrected chi connectivity index (χ0v) is 17.2. The van der Waals surface area contributed by atoms with Crippen LogP contribution in [0.25, 0.3) is 16.8 Å². The van der Waals surface area contributed by atoms with Crippen LogP contribution in [0, 0.1) is 18.3 Å². The largest absolute Gasteiger partial charge is 0.493 e. The number of anilines is 1. The topological polar surface area (TPSA) is 67.2 Å². The average Bonchev–Trinajstić information content (AvgIpc) is 3.20. The molecule has 1 aromatic heterocycles. The lowest BCUT2D eigenvalue weighted by Crippen LogP contribution is -1.92. The second-order valence-electron chi connectivity index (χ2n) is 5.89. The van der Waals surface area contributed by atoms with Gasteiger partial charge < -0.3 is 14.8 Å². The SMILES string of the molecule is COc1ccc(-c2csc(/C(C#N)=C/Nc3ccc(C)c(Cl)c3)n2)cc1OC. The number of thiazole rings is 1. The van der Waals surface area contributed by atoms with E-state index >= 15 is 0 Å². The third-order valence-corrected chi connectivity index (χ3v) is 5.37. The molecule has 0 aliphatic rings. The molecular formula is C21H18ClN3O2S. The monoisotopic (exact) mass is 411 g/mol. The van der Waals surface area contributed by atoms with E-state index in [4.69, 9.17) is 21.1 Å². The predicted molar refractivity (Wildman–Crippen MR) is 114 cm³/mol. The summed E-state index contributed by atoms with van der Waals surface area (Å²) in [5.74, 6) is 1.28. The number of aryl methyl sites for hydroxylation is 1. The highest BCUT2D eigenvalue weighted by molar-refractivity contribution is 7.11. The average molecular weight is 412 g/mol. The van der Waals surface area contributed by atoms with Crippen molar-refractivity contribution in [2.45, 2.75) is 6.92 Å². The third-order valence-electron chi connectivity index (χ3n) is 4.09. The highest BCUT2D eigenvalue weighted by atomic mass is 35.5. The Balaban J connectivity index is 1.85. The molecule has 1 heterocycles. The predicted octanol–water partition coefficient (Wildman–Crippen LogP) is 5.77. The maximum atomic E-state index is 9.53. The van der Waals surface area contributed by atoms with Crippen molar-refractivity contribution in [2.75, 3.05) is 19.5 Å². The van der Waals surface area contributed by atoms with Gasteiger partial charge in [0.2, 0.25) is 0 Å². The molecule has 0 aliphatic heterocycles. The second-order valence-corrected chi connectivity index (χ2v) is 7.15. The van der Waals surface area contributed by atoms with E-state index in [1.165, 1.54) is 11.3 Å². The van der Waals surface area contributed by atoms with Crippen molar-refractivity contribution in [1.29, 1.82) is 5.26 Å². The fourth-order valence-corrected chi connectivity index (χ4v) is 3.48. The van der Waals surface area contributed by atoms with Gasteiger partial charge in [-0.05, 0) is 42.8 Å². The van der Waals surface area contributed by atoms with Gasteiger partial charge in [0.1, 0.15) is 16.6 Å². The molecule has 0 amide bonds. The molecule has 7 heteroatoms. The molecule has 0 aliphatic carbocycles. The molecule has 2 aromatic carbocycles. The number of ether oxygens (including phenoxy) is 2. The molecular weight excluding hydrogens is 394 g/mol. The van der Waals surface area contributed by atoms with E-state index < -0.39 is 0 Å². The number of rotatable bonds is 6. The molecule has 0 radical (unpaired) electrons. The number of halogens is 1. The molecule has 3 aromatic rings. The van der Waals surface area contributed by atoms with Gasteiger partial charge in [-0.2, -0.15) is 5.26 Å². The molecule has 0 unspecified atom stereocenters. The van der Waals surface area contributed by atoms with Crippen LogP contribution < -0.4 is 14.8 Å². The lowest BCUT2D eigenvalue weighted by molar-refractivity contribution is 0.355. The lowest BCUT2D eigenvalue weighted by atomic mass is 10.1. The van der Waals surface area contributed by atoms with E-state index in [-0.39, 0.29) is 0 Å². The molecule has 3 rings (SSSR count). The van der Waals surface area contributed by atoms with Crippen molar-refractivity contribution in [3.05, 3.63) is 63.6 Å². The summed E-state index contributed by atoms with van der Waals surface area (Å²) < 4.78 is 10.6. The van der Waals surface area contributed by atoms with Gasteiger partial charge in [-0.1, -0.05) is 17.7 Å². The summed E-state index contributed by atoms with van der Waals surface area (Å²) in [7, 11) is 3.18. The van der Waals surface area contributed by atoms with E-state index in [0.717, 1.165) is 22.5 Å². The first-order valence-electron chi connectivity index (χ1n) is 8.37. The third kappa shape index (κ3) is 4.28. The minimum atomic E-state index is 0.438. The minimum Gasteiger partial charge on any atom is -0.493 e. The molecule has 1 N–H and O–H groups in total. The highest BCUT2D eigenvalue weighted by Crippen LogP contribution is 2.33. The number of methoxy groups -OCH3 is 2. The van der Waals surface area contributed by atoms with Crippen LogP contribution in [0.3, 0.4) is 0 Å². The quantitative estimate of drug-likeness (QED) is 0.522. The number of allylic oxidation sites excluding steroid dienone is 1. The number of nitrogens with one attached hydrogen (secondary N) is 1. The zero-order valence-electron chi connectivity index (χ0n) is 15.6. The van der Waals surface area contributed by atoms with Gasteiger partial charge in [0.15, 0.2) is 11.5 Å². The Morgan fingerprint density at radius 1 is 1.18 bits per heavy atom. The number of hydrogen-bond acceptors (Lipinski definition) is 6. The Bertz CT molecular complexity index is 1070. The van der Waals surface area contributed by atoms with Gasteiger partial charge in [-0.3, -0.25) is 0 Å². The first kappa shape index (κ1) is 19.7. The summed E-state index contributed by atoms with van der Waals surface area (Å²) in [6, 6.07) is 13.4. The number of nitriles is 1. The summed E-state index contributed by atoms with van der Waals surface area (Å²) in [5.41, 5.74) is 3.89. The van der Waals surface area contributed by atoms with Crippen LogP contribution in [0.5, 0.6) is 11.5 Å². The van der Waals surface area contributed by atoms with Crippen molar-refractivity contribution in [2.24, 2.45) is 0 Å². The first-order chi connectivity index (χ1) is 13.5. The molecule has 5 nitrogen and oxygen atoms in total. The van der Waals surface area contributed by atoms with E-state index in [0.29, 0.717) is 27.1 Å². The van der Waals surface area contributed by atoms with Gasteiger partial charge in [0.25, 0.3) is 0 Å². The Hall–Kier alpha value is -3.01.